The fourth-order valence-corrected chi connectivity index (χ4v) is 1.89. The molecule has 0 radical (unpaired) electrons. The Morgan fingerprint density at radius 3 is 2.69 bits per heavy atom. The number of nitrogens with zero attached hydrogens (tertiary/aromatic N) is 1. The summed E-state index contributed by atoms with van der Waals surface area (Å²) in [6.45, 7) is 3.94. The Kier molecular flexibility index (Phi) is 2.83. The number of primary amides is 1. The molecule has 1 fully saturated rings. The Bertz CT molecular complexity index is 413. The topological polar surface area (TPSA) is 58.4 Å². The number of carbonyl (C=O) groups is 1. The third-order valence-electron chi connectivity index (χ3n) is 3.11. The van der Waals surface area contributed by atoms with Crippen LogP contribution in [0.3, 0.4) is 0 Å². The lowest BCUT2D eigenvalue weighted by molar-refractivity contribution is 0.100. The first-order valence-corrected chi connectivity index (χ1v) is 5.43. The van der Waals surface area contributed by atoms with E-state index in [1.165, 1.54) is 0 Å². The Balaban J connectivity index is 2.36. The molecule has 4 nitrogen and oxygen atoms in total. The van der Waals surface area contributed by atoms with E-state index in [1.54, 1.807) is 6.07 Å². The number of nitrogens with one attached hydrogen (secondary N) is 1. The molecule has 0 aliphatic carbocycles. The Hall–Kier alpha value is -1.55. The number of hydrogen-bond donors (Lipinski definition) is 2. The fourth-order valence-electron chi connectivity index (χ4n) is 1.89. The van der Waals surface area contributed by atoms with Gasteiger partial charge in [0.05, 0.1) is 11.6 Å². The van der Waals surface area contributed by atoms with Crippen LogP contribution in [0, 0.1) is 6.92 Å². The van der Waals surface area contributed by atoms with E-state index in [-0.39, 0.29) is 5.91 Å². The number of likely N-dealkylation sites (N-methyl/N-ethyl adjacent to an activating group) is 1. The van der Waals surface area contributed by atoms with E-state index < -0.39 is 0 Å². The second-order valence-corrected chi connectivity index (χ2v) is 4.31. The molecular weight excluding hydrogens is 202 g/mol. The SMILES string of the molecule is Cc1ccc(C(N)=O)c(N(C)C2CNC2)c1. The van der Waals surface area contributed by atoms with Crippen LogP contribution >= 0.6 is 0 Å². The molecule has 1 aromatic rings. The molecule has 0 bridgehead atoms. The van der Waals surface area contributed by atoms with Crippen molar-refractivity contribution in [1.82, 2.24) is 5.32 Å². The quantitative estimate of drug-likeness (QED) is 0.778. The molecule has 4 heteroatoms. The van der Waals surface area contributed by atoms with Gasteiger partial charge in [0.1, 0.15) is 0 Å². The average molecular weight is 219 g/mol. The average Bonchev–Trinajstić information content (AvgIpc) is 2.14. The summed E-state index contributed by atoms with van der Waals surface area (Å²) in [5, 5.41) is 3.22. The summed E-state index contributed by atoms with van der Waals surface area (Å²) in [5.74, 6) is -0.367. The molecular formula is C12H17N3O. The predicted octanol–water partition coefficient (Wildman–Crippen LogP) is 0.502. The summed E-state index contributed by atoms with van der Waals surface area (Å²) in [4.78, 5) is 13.5. The third kappa shape index (κ3) is 1.88. The molecule has 3 N–H and O–H groups in total. The Morgan fingerprint density at radius 1 is 1.50 bits per heavy atom. The van der Waals surface area contributed by atoms with E-state index >= 15 is 0 Å². The van der Waals surface area contributed by atoms with Gasteiger partial charge in [0, 0.05) is 25.8 Å². The van der Waals surface area contributed by atoms with Gasteiger partial charge >= 0.3 is 0 Å². The minimum Gasteiger partial charge on any atom is -0.368 e. The molecule has 1 amide bonds. The maximum absolute atomic E-state index is 11.3. The highest BCUT2D eigenvalue weighted by atomic mass is 16.1. The number of rotatable bonds is 3. The molecule has 0 aromatic heterocycles. The van der Waals surface area contributed by atoms with Crippen LogP contribution in [0.1, 0.15) is 15.9 Å². The van der Waals surface area contributed by atoms with Gasteiger partial charge in [-0.15, -0.1) is 0 Å². The summed E-state index contributed by atoms with van der Waals surface area (Å²) in [6, 6.07) is 6.18. The van der Waals surface area contributed by atoms with Gasteiger partial charge < -0.3 is 16.0 Å². The highest BCUT2D eigenvalue weighted by Crippen LogP contribution is 2.23. The molecule has 86 valence electrons. The number of nitrogens with two attached hydrogens (primary N) is 1. The smallest absolute Gasteiger partial charge is 0.250 e. The summed E-state index contributed by atoms with van der Waals surface area (Å²) in [6.07, 6.45) is 0. The molecule has 1 saturated heterocycles. The first-order chi connectivity index (χ1) is 7.59. The number of amides is 1. The van der Waals surface area contributed by atoms with Crippen LogP contribution < -0.4 is 16.0 Å². The number of aryl methyl sites for hydroxylation is 1. The molecule has 1 heterocycles. The maximum atomic E-state index is 11.3. The Labute approximate surface area is 95.4 Å². The van der Waals surface area contributed by atoms with Crippen LogP contribution in [-0.2, 0) is 0 Å². The summed E-state index contributed by atoms with van der Waals surface area (Å²) >= 11 is 0. The van der Waals surface area contributed by atoms with Gasteiger partial charge in [0.25, 0.3) is 5.91 Å². The van der Waals surface area contributed by atoms with Crippen molar-refractivity contribution in [3.05, 3.63) is 29.3 Å². The van der Waals surface area contributed by atoms with Crippen molar-refractivity contribution in [2.24, 2.45) is 5.73 Å². The van der Waals surface area contributed by atoms with Crippen molar-refractivity contribution in [2.45, 2.75) is 13.0 Å². The lowest BCUT2D eigenvalue weighted by atomic mass is 10.0. The summed E-state index contributed by atoms with van der Waals surface area (Å²) < 4.78 is 0. The number of carbonyl (C=O) groups excluding carboxylic acids is 1. The van der Waals surface area contributed by atoms with Gasteiger partial charge in [-0.2, -0.15) is 0 Å². The molecule has 0 unspecified atom stereocenters. The number of anilines is 1. The van der Waals surface area contributed by atoms with Crippen molar-refractivity contribution >= 4 is 11.6 Å². The maximum Gasteiger partial charge on any atom is 0.250 e. The fraction of sp³-hybridized carbons (Fsp3) is 0.417. The highest BCUT2D eigenvalue weighted by molar-refractivity contribution is 5.98. The molecule has 0 atom stereocenters. The third-order valence-corrected chi connectivity index (χ3v) is 3.11. The first kappa shape index (κ1) is 11.0. The van der Waals surface area contributed by atoms with Gasteiger partial charge in [0.15, 0.2) is 0 Å². The normalized spacial score (nSPS) is 15.6. The number of benzene rings is 1. The van der Waals surface area contributed by atoms with Crippen LogP contribution in [-0.4, -0.2) is 32.1 Å². The minimum absolute atomic E-state index is 0.367. The zero-order valence-electron chi connectivity index (χ0n) is 9.66. The Morgan fingerprint density at radius 2 is 2.19 bits per heavy atom. The molecule has 2 rings (SSSR count). The van der Waals surface area contributed by atoms with E-state index in [2.05, 4.69) is 10.2 Å². The van der Waals surface area contributed by atoms with E-state index in [0.717, 1.165) is 24.3 Å². The van der Waals surface area contributed by atoms with E-state index in [4.69, 9.17) is 5.73 Å². The van der Waals surface area contributed by atoms with Gasteiger partial charge in [-0.1, -0.05) is 6.07 Å². The van der Waals surface area contributed by atoms with Crippen LogP contribution in [0.5, 0.6) is 0 Å². The molecule has 1 aliphatic rings. The van der Waals surface area contributed by atoms with Gasteiger partial charge in [0.2, 0.25) is 0 Å². The lowest BCUT2D eigenvalue weighted by Gasteiger charge is -2.38. The van der Waals surface area contributed by atoms with Crippen LogP contribution in [0.15, 0.2) is 18.2 Å². The molecule has 0 spiro atoms. The number of hydrogen-bond acceptors (Lipinski definition) is 3. The highest BCUT2D eigenvalue weighted by Gasteiger charge is 2.24. The van der Waals surface area contributed by atoms with E-state index in [0.29, 0.717) is 11.6 Å². The van der Waals surface area contributed by atoms with Crippen molar-refractivity contribution in [2.75, 3.05) is 25.0 Å². The van der Waals surface area contributed by atoms with Gasteiger partial charge in [-0.25, -0.2) is 0 Å². The largest absolute Gasteiger partial charge is 0.368 e. The van der Waals surface area contributed by atoms with Crippen LogP contribution in [0.25, 0.3) is 0 Å². The first-order valence-electron chi connectivity index (χ1n) is 5.43. The summed E-state index contributed by atoms with van der Waals surface area (Å²) in [7, 11) is 2.01. The van der Waals surface area contributed by atoms with Gasteiger partial charge in [-0.3, -0.25) is 4.79 Å². The predicted molar refractivity (Wildman–Crippen MR) is 64.8 cm³/mol. The van der Waals surface area contributed by atoms with E-state index in [9.17, 15) is 4.79 Å². The minimum atomic E-state index is -0.367. The van der Waals surface area contributed by atoms with Crippen molar-refractivity contribution in [3.8, 4) is 0 Å². The van der Waals surface area contributed by atoms with E-state index in [1.807, 2.05) is 26.1 Å². The summed E-state index contributed by atoms with van der Waals surface area (Å²) in [5.41, 5.74) is 8.05. The van der Waals surface area contributed by atoms with Gasteiger partial charge in [-0.05, 0) is 24.6 Å². The van der Waals surface area contributed by atoms with Crippen molar-refractivity contribution < 1.29 is 4.79 Å². The lowest BCUT2D eigenvalue weighted by Crippen LogP contribution is -2.56. The molecule has 0 saturated carbocycles. The van der Waals surface area contributed by atoms with Crippen molar-refractivity contribution in [3.63, 3.8) is 0 Å². The second-order valence-electron chi connectivity index (χ2n) is 4.31. The standard InChI is InChI=1S/C12H17N3O/c1-8-3-4-10(12(13)16)11(5-8)15(2)9-6-14-7-9/h3-5,9,14H,6-7H2,1-2H3,(H2,13,16). The molecule has 16 heavy (non-hydrogen) atoms. The van der Waals surface area contributed by atoms with Crippen molar-refractivity contribution in [1.29, 1.82) is 0 Å². The monoisotopic (exact) mass is 219 g/mol. The van der Waals surface area contributed by atoms with Crippen LogP contribution in [0.2, 0.25) is 0 Å². The van der Waals surface area contributed by atoms with Crippen LogP contribution in [0.4, 0.5) is 5.69 Å². The second kappa shape index (κ2) is 4.14. The molecule has 1 aliphatic heterocycles. The zero-order chi connectivity index (χ0) is 11.7. The molecule has 1 aromatic carbocycles. The zero-order valence-corrected chi connectivity index (χ0v) is 9.66.